The van der Waals surface area contributed by atoms with Crippen LogP contribution in [0.25, 0.3) is 0 Å². The Kier molecular flexibility index (Phi) is 20.9. The van der Waals surface area contributed by atoms with Crippen LogP contribution < -0.4 is 22.1 Å². The lowest BCUT2D eigenvalue weighted by molar-refractivity contribution is -0.136. The highest BCUT2D eigenvalue weighted by molar-refractivity contribution is 5.95. The fourth-order valence-electron chi connectivity index (χ4n) is 5.29. The standard InChI is InChI=1S/C36H59N5O7/c1-6-12-31(44)30(19-26-14-8-7-9-15-26)40-35(47)28(22-42)21-32(45)33(25(4)5)41-34(46)27(16-10-17-39-36(37)38)20-29(43)23-48-18-11-13-24(2)3/h7-9,14-15,24-25,27-28,30,33,42H,6,10-13,16-23H2,1-5H3,(H,40,47)(H,41,46)(H4,37,38,39)/t27-,28+,30+,33+/m1/s1. The molecule has 12 heteroatoms. The quantitative estimate of drug-likeness (QED) is 0.0557. The summed E-state index contributed by atoms with van der Waals surface area (Å²) in [5.41, 5.74) is 11.7. The van der Waals surface area contributed by atoms with Crippen LogP contribution >= 0.6 is 0 Å². The summed E-state index contributed by atoms with van der Waals surface area (Å²) in [4.78, 5) is 69.9. The highest BCUT2D eigenvalue weighted by Gasteiger charge is 2.33. The van der Waals surface area contributed by atoms with Gasteiger partial charge in [-0.05, 0) is 55.9 Å². The molecular weight excluding hydrogens is 614 g/mol. The second-order valence-electron chi connectivity index (χ2n) is 13.2. The zero-order chi connectivity index (χ0) is 36.1. The zero-order valence-electron chi connectivity index (χ0n) is 29.5. The molecule has 0 unspecified atom stereocenters. The van der Waals surface area contributed by atoms with Crippen LogP contribution in [-0.2, 0) is 35.1 Å². The minimum atomic E-state index is -1.12. The third kappa shape index (κ3) is 17.5. The average molecular weight is 674 g/mol. The molecule has 48 heavy (non-hydrogen) atoms. The van der Waals surface area contributed by atoms with Gasteiger partial charge in [-0.2, -0.15) is 0 Å². The molecule has 0 radical (unpaired) electrons. The van der Waals surface area contributed by atoms with E-state index in [1.54, 1.807) is 13.8 Å². The van der Waals surface area contributed by atoms with Gasteiger partial charge in [0.05, 0.1) is 24.6 Å². The van der Waals surface area contributed by atoms with Crippen LogP contribution in [0, 0.1) is 23.7 Å². The number of ether oxygens (including phenoxy) is 1. The van der Waals surface area contributed by atoms with Gasteiger partial charge in [0, 0.05) is 38.3 Å². The largest absolute Gasteiger partial charge is 0.396 e. The molecule has 0 spiro atoms. The molecule has 0 saturated heterocycles. The molecule has 0 aliphatic rings. The van der Waals surface area contributed by atoms with Crippen molar-refractivity contribution >= 4 is 35.1 Å². The lowest BCUT2D eigenvalue weighted by Crippen LogP contribution is -2.50. The number of nitrogens with one attached hydrogen (secondary N) is 2. The molecule has 12 nitrogen and oxygen atoms in total. The van der Waals surface area contributed by atoms with E-state index in [1.165, 1.54) is 0 Å². The van der Waals surface area contributed by atoms with Crippen molar-refractivity contribution in [1.82, 2.24) is 10.6 Å². The summed E-state index contributed by atoms with van der Waals surface area (Å²) in [7, 11) is 0. The Morgan fingerprint density at radius 3 is 2.12 bits per heavy atom. The normalized spacial score (nSPS) is 13.8. The number of carbonyl (C=O) groups is 5. The van der Waals surface area contributed by atoms with Crippen LogP contribution in [0.3, 0.4) is 0 Å². The van der Waals surface area contributed by atoms with Gasteiger partial charge in [-0.3, -0.25) is 29.0 Å². The van der Waals surface area contributed by atoms with Crippen molar-refractivity contribution in [2.75, 3.05) is 26.4 Å². The molecule has 0 bridgehead atoms. The Labute approximate surface area is 286 Å². The summed E-state index contributed by atoms with van der Waals surface area (Å²) in [6.45, 7) is 9.64. The van der Waals surface area contributed by atoms with E-state index < -0.39 is 48.1 Å². The van der Waals surface area contributed by atoms with Gasteiger partial charge in [-0.25, -0.2) is 0 Å². The van der Waals surface area contributed by atoms with E-state index in [4.69, 9.17) is 16.2 Å². The number of hydrogen-bond acceptors (Lipinski definition) is 8. The lowest BCUT2D eigenvalue weighted by Gasteiger charge is -2.26. The maximum atomic E-state index is 13.5. The maximum absolute atomic E-state index is 13.5. The van der Waals surface area contributed by atoms with Gasteiger partial charge < -0.3 is 31.9 Å². The molecular formula is C36H59N5O7. The molecule has 0 heterocycles. The number of hydrogen-bond donors (Lipinski definition) is 5. The van der Waals surface area contributed by atoms with Crippen LogP contribution in [0.2, 0.25) is 0 Å². The van der Waals surface area contributed by atoms with Gasteiger partial charge in [0.25, 0.3) is 0 Å². The Balaban J connectivity index is 2.98. The van der Waals surface area contributed by atoms with Crippen LogP contribution in [-0.4, -0.2) is 78.7 Å². The number of aliphatic imine (C=N–C) groups is 1. The van der Waals surface area contributed by atoms with Crippen LogP contribution in [0.1, 0.15) is 91.5 Å². The van der Waals surface area contributed by atoms with Crippen molar-refractivity contribution < 1.29 is 33.8 Å². The molecule has 0 aliphatic carbocycles. The third-order valence-electron chi connectivity index (χ3n) is 8.02. The van der Waals surface area contributed by atoms with Crippen LogP contribution in [0.15, 0.2) is 35.3 Å². The van der Waals surface area contributed by atoms with E-state index in [1.807, 2.05) is 37.3 Å². The van der Waals surface area contributed by atoms with Crippen LogP contribution in [0.4, 0.5) is 0 Å². The van der Waals surface area contributed by atoms with E-state index in [9.17, 15) is 29.1 Å². The number of Topliss-reactive ketones (excluding diaryl/α,β-unsaturated/α-hetero) is 3. The van der Waals surface area contributed by atoms with E-state index in [2.05, 4.69) is 29.5 Å². The third-order valence-corrected chi connectivity index (χ3v) is 8.02. The predicted octanol–water partition coefficient (Wildman–Crippen LogP) is 2.87. The minimum Gasteiger partial charge on any atom is -0.396 e. The Morgan fingerprint density at radius 1 is 0.875 bits per heavy atom. The molecule has 1 rings (SSSR count). The van der Waals surface area contributed by atoms with Crippen molar-refractivity contribution in [3.05, 3.63) is 35.9 Å². The number of nitrogens with two attached hydrogens (primary N) is 2. The SMILES string of the molecule is CCCC(=O)[C@H](Cc1ccccc1)NC(=O)[C@H](CO)CC(=O)[C@@H](NC(=O)[C@H](CCCN=C(N)N)CC(=O)COCCCC(C)C)C(C)C. The number of nitrogens with zero attached hydrogens (tertiary/aromatic N) is 1. The second kappa shape index (κ2) is 23.6. The van der Waals surface area contributed by atoms with Crippen molar-refractivity contribution in [3.8, 4) is 0 Å². The van der Waals surface area contributed by atoms with Gasteiger partial charge in [0.15, 0.2) is 23.3 Å². The van der Waals surface area contributed by atoms with Gasteiger partial charge in [-0.15, -0.1) is 0 Å². The molecule has 1 aromatic carbocycles. The smallest absolute Gasteiger partial charge is 0.226 e. The van der Waals surface area contributed by atoms with E-state index in [0.717, 1.165) is 18.4 Å². The topological polar surface area (TPSA) is 203 Å². The molecule has 7 N–H and O–H groups in total. The molecule has 0 aliphatic heterocycles. The van der Waals surface area contributed by atoms with Gasteiger partial charge in [-0.1, -0.05) is 65.0 Å². The second-order valence-corrected chi connectivity index (χ2v) is 13.2. The summed E-state index contributed by atoms with van der Waals surface area (Å²) in [6.07, 6.45) is 3.32. The molecule has 1 aromatic rings. The fourth-order valence-corrected chi connectivity index (χ4v) is 5.29. The fraction of sp³-hybridized carbons (Fsp3) is 0.667. The van der Waals surface area contributed by atoms with Gasteiger partial charge in [0.2, 0.25) is 11.8 Å². The van der Waals surface area contributed by atoms with Crippen molar-refractivity contribution in [2.45, 2.75) is 104 Å². The number of guanidine groups is 1. The first-order chi connectivity index (χ1) is 22.8. The van der Waals surface area contributed by atoms with E-state index >= 15 is 0 Å². The Morgan fingerprint density at radius 2 is 1.54 bits per heavy atom. The van der Waals surface area contributed by atoms with Crippen molar-refractivity contribution in [2.24, 2.45) is 40.1 Å². The van der Waals surface area contributed by atoms with Gasteiger partial charge >= 0.3 is 0 Å². The van der Waals surface area contributed by atoms with Crippen LogP contribution in [0.5, 0.6) is 0 Å². The van der Waals surface area contributed by atoms with Gasteiger partial charge in [0.1, 0.15) is 6.61 Å². The summed E-state index contributed by atoms with van der Waals surface area (Å²) in [5, 5.41) is 15.7. The summed E-state index contributed by atoms with van der Waals surface area (Å²) in [5.74, 6) is -3.63. The minimum absolute atomic E-state index is 0.0732. The number of carbonyl (C=O) groups excluding carboxylic acids is 5. The first-order valence-corrected chi connectivity index (χ1v) is 17.2. The number of rotatable bonds is 26. The van der Waals surface area contributed by atoms with Crippen molar-refractivity contribution in [3.63, 3.8) is 0 Å². The zero-order valence-corrected chi connectivity index (χ0v) is 29.5. The number of amides is 2. The highest BCUT2D eigenvalue weighted by atomic mass is 16.5. The first kappa shape index (κ1) is 42.4. The molecule has 4 atom stereocenters. The molecule has 0 saturated carbocycles. The summed E-state index contributed by atoms with van der Waals surface area (Å²) >= 11 is 0. The highest BCUT2D eigenvalue weighted by Crippen LogP contribution is 2.18. The van der Waals surface area contributed by atoms with E-state index in [0.29, 0.717) is 31.8 Å². The molecule has 0 fully saturated rings. The number of ketones is 3. The lowest BCUT2D eigenvalue weighted by atomic mass is 9.90. The maximum Gasteiger partial charge on any atom is 0.226 e. The Bertz CT molecular complexity index is 1170. The number of aliphatic hydroxyl groups excluding tert-OH is 1. The molecule has 2 amide bonds. The molecule has 270 valence electrons. The Hall–Kier alpha value is -3.64. The van der Waals surface area contributed by atoms with Crippen molar-refractivity contribution in [1.29, 1.82) is 0 Å². The predicted molar refractivity (Wildman–Crippen MR) is 187 cm³/mol. The average Bonchev–Trinajstić information content (AvgIpc) is 3.03. The summed E-state index contributed by atoms with van der Waals surface area (Å²) < 4.78 is 5.54. The first-order valence-electron chi connectivity index (χ1n) is 17.2. The number of benzene rings is 1. The monoisotopic (exact) mass is 673 g/mol. The summed E-state index contributed by atoms with van der Waals surface area (Å²) in [6, 6.07) is 7.51. The molecule has 0 aromatic heterocycles. The van der Waals surface area contributed by atoms with E-state index in [-0.39, 0.29) is 62.3 Å². The number of aliphatic hydroxyl groups is 1.